The summed E-state index contributed by atoms with van der Waals surface area (Å²) in [6.07, 6.45) is 0. The number of nitrogens with zero attached hydrogens (tertiary/aromatic N) is 2. The number of nitrogens with two attached hydrogens (primary N) is 1. The van der Waals surface area contributed by atoms with E-state index < -0.39 is 5.82 Å². The number of aryl methyl sites for hydroxylation is 1. The van der Waals surface area contributed by atoms with Gasteiger partial charge in [-0.3, -0.25) is 0 Å². The van der Waals surface area contributed by atoms with Gasteiger partial charge in [0.1, 0.15) is 10.7 Å². The Kier molecular flexibility index (Phi) is 4.64. The van der Waals surface area contributed by atoms with Crippen molar-refractivity contribution in [1.82, 2.24) is 9.97 Å². The molecule has 0 fully saturated rings. The smallest absolute Gasteiger partial charge is 0.228 e. The summed E-state index contributed by atoms with van der Waals surface area (Å²) in [6, 6.07) is 6.23. The molecule has 0 aliphatic carbocycles. The van der Waals surface area contributed by atoms with E-state index in [1.807, 2.05) is 0 Å². The van der Waals surface area contributed by atoms with E-state index in [1.54, 1.807) is 32.0 Å². The first-order valence-electron chi connectivity index (χ1n) is 6.34. The highest BCUT2D eigenvalue weighted by molar-refractivity contribution is 7.80. The van der Waals surface area contributed by atoms with Crippen LogP contribution in [0.3, 0.4) is 0 Å². The highest BCUT2D eigenvalue weighted by atomic mass is 32.1. The number of hydrogen-bond acceptors (Lipinski definition) is 5. The summed E-state index contributed by atoms with van der Waals surface area (Å²) in [6.45, 7) is 4.00. The van der Waals surface area contributed by atoms with Crippen LogP contribution in [0.2, 0.25) is 0 Å². The van der Waals surface area contributed by atoms with Gasteiger partial charge in [0.25, 0.3) is 0 Å². The third-order valence-corrected chi connectivity index (χ3v) is 2.80. The van der Waals surface area contributed by atoms with Gasteiger partial charge in [-0.25, -0.2) is 14.4 Å². The second kappa shape index (κ2) is 6.45. The summed E-state index contributed by atoms with van der Waals surface area (Å²) in [5.41, 5.74) is 7.24. The van der Waals surface area contributed by atoms with Gasteiger partial charge in [0.15, 0.2) is 11.6 Å². The Morgan fingerprint density at radius 3 is 2.76 bits per heavy atom. The molecule has 1 aromatic carbocycles. The van der Waals surface area contributed by atoms with Crippen molar-refractivity contribution in [2.24, 2.45) is 5.73 Å². The number of thiocarbonyl (C=S) groups is 1. The first-order chi connectivity index (χ1) is 9.99. The van der Waals surface area contributed by atoms with Gasteiger partial charge in [-0.1, -0.05) is 12.2 Å². The van der Waals surface area contributed by atoms with Gasteiger partial charge in [0.2, 0.25) is 5.95 Å². The highest BCUT2D eigenvalue weighted by Gasteiger charge is 2.08. The van der Waals surface area contributed by atoms with Crippen molar-refractivity contribution in [1.29, 1.82) is 0 Å². The van der Waals surface area contributed by atoms with Crippen LogP contribution in [-0.2, 0) is 0 Å². The van der Waals surface area contributed by atoms with Crippen molar-refractivity contribution in [3.63, 3.8) is 0 Å². The Labute approximate surface area is 127 Å². The first-order valence-corrected chi connectivity index (χ1v) is 6.75. The number of ether oxygens (including phenoxy) is 1. The van der Waals surface area contributed by atoms with Gasteiger partial charge in [-0.05, 0) is 32.0 Å². The largest absolute Gasteiger partial charge is 0.491 e. The molecule has 0 aliphatic heterocycles. The molecule has 21 heavy (non-hydrogen) atoms. The molecule has 1 aromatic heterocycles. The van der Waals surface area contributed by atoms with Crippen molar-refractivity contribution in [3.8, 4) is 5.75 Å². The summed E-state index contributed by atoms with van der Waals surface area (Å²) >= 11 is 4.90. The van der Waals surface area contributed by atoms with Crippen molar-refractivity contribution in [2.45, 2.75) is 13.8 Å². The van der Waals surface area contributed by atoms with Crippen molar-refractivity contribution in [3.05, 3.63) is 41.5 Å². The minimum atomic E-state index is -0.455. The monoisotopic (exact) mass is 306 g/mol. The zero-order valence-corrected chi connectivity index (χ0v) is 12.5. The summed E-state index contributed by atoms with van der Waals surface area (Å²) in [5.74, 6) is 0.0578. The number of halogens is 1. The molecule has 0 amide bonds. The van der Waals surface area contributed by atoms with Crippen LogP contribution in [0.4, 0.5) is 16.0 Å². The predicted molar refractivity (Wildman–Crippen MR) is 83.5 cm³/mol. The van der Waals surface area contributed by atoms with Crippen LogP contribution in [0, 0.1) is 12.7 Å². The van der Waals surface area contributed by atoms with Gasteiger partial charge in [-0.15, -0.1) is 0 Å². The van der Waals surface area contributed by atoms with Crippen LogP contribution < -0.4 is 15.8 Å². The highest BCUT2D eigenvalue weighted by Crippen LogP contribution is 2.23. The predicted octanol–water partition coefficient (Wildman–Crippen LogP) is 2.70. The quantitative estimate of drug-likeness (QED) is 0.828. The summed E-state index contributed by atoms with van der Waals surface area (Å²) in [5, 5.41) is 2.92. The van der Waals surface area contributed by atoms with Crippen LogP contribution in [-0.4, -0.2) is 21.6 Å². The second-order valence-electron chi connectivity index (χ2n) is 4.29. The molecule has 0 atom stereocenters. The van der Waals surface area contributed by atoms with Crippen LogP contribution in [0.5, 0.6) is 5.75 Å². The van der Waals surface area contributed by atoms with E-state index in [9.17, 15) is 4.39 Å². The molecule has 2 rings (SSSR count). The molecule has 0 aliphatic rings. The van der Waals surface area contributed by atoms with E-state index >= 15 is 0 Å². The summed E-state index contributed by atoms with van der Waals surface area (Å²) in [7, 11) is 0. The molecule has 0 bridgehead atoms. The molecular formula is C14H15FN4OS. The first kappa shape index (κ1) is 15.1. The molecule has 110 valence electrons. The fraction of sp³-hybridized carbons (Fsp3) is 0.214. The average Bonchev–Trinajstić information content (AvgIpc) is 2.41. The van der Waals surface area contributed by atoms with Crippen molar-refractivity contribution in [2.75, 3.05) is 11.9 Å². The summed E-state index contributed by atoms with van der Waals surface area (Å²) < 4.78 is 18.9. The van der Waals surface area contributed by atoms with Crippen LogP contribution in [0.15, 0.2) is 24.3 Å². The van der Waals surface area contributed by atoms with Gasteiger partial charge in [0.05, 0.1) is 6.61 Å². The number of aromatic nitrogens is 2. The van der Waals surface area contributed by atoms with E-state index in [2.05, 4.69) is 15.3 Å². The Hall–Kier alpha value is -2.28. The van der Waals surface area contributed by atoms with E-state index in [4.69, 9.17) is 22.7 Å². The lowest BCUT2D eigenvalue weighted by Gasteiger charge is -2.09. The fourth-order valence-corrected chi connectivity index (χ4v) is 1.84. The molecule has 2 aromatic rings. The zero-order chi connectivity index (χ0) is 15.4. The SMILES string of the molecule is CCOc1ccc(Nc2nc(C)cc(C(N)=S)n2)cc1F. The molecule has 7 heteroatoms. The molecule has 5 nitrogen and oxygen atoms in total. The minimum Gasteiger partial charge on any atom is -0.491 e. The topological polar surface area (TPSA) is 73.1 Å². The van der Waals surface area contributed by atoms with E-state index in [1.165, 1.54) is 6.07 Å². The number of hydrogen-bond donors (Lipinski definition) is 2. The Bertz CT molecular complexity index is 678. The Balaban J connectivity index is 2.26. The van der Waals surface area contributed by atoms with Crippen LogP contribution >= 0.6 is 12.2 Å². The van der Waals surface area contributed by atoms with Gasteiger partial charge in [-0.2, -0.15) is 0 Å². The van der Waals surface area contributed by atoms with Crippen LogP contribution in [0.25, 0.3) is 0 Å². The van der Waals surface area contributed by atoms with Gasteiger partial charge < -0.3 is 15.8 Å². The summed E-state index contributed by atoms with van der Waals surface area (Å²) in [4.78, 5) is 8.57. The van der Waals surface area contributed by atoms with E-state index in [0.717, 1.165) is 0 Å². The molecule has 0 saturated heterocycles. The maximum absolute atomic E-state index is 13.8. The fourth-order valence-electron chi connectivity index (χ4n) is 1.73. The molecule has 0 saturated carbocycles. The molecule has 0 spiro atoms. The average molecular weight is 306 g/mol. The molecule has 1 heterocycles. The van der Waals surface area contributed by atoms with Crippen molar-refractivity contribution >= 4 is 28.8 Å². The normalized spacial score (nSPS) is 10.2. The molecule has 0 radical (unpaired) electrons. The maximum Gasteiger partial charge on any atom is 0.228 e. The van der Waals surface area contributed by atoms with E-state index in [-0.39, 0.29) is 10.7 Å². The third-order valence-electron chi connectivity index (χ3n) is 2.59. The number of benzene rings is 1. The van der Waals surface area contributed by atoms with E-state index in [0.29, 0.717) is 29.6 Å². The Morgan fingerprint density at radius 1 is 1.38 bits per heavy atom. The second-order valence-corrected chi connectivity index (χ2v) is 4.73. The van der Waals surface area contributed by atoms with Gasteiger partial charge in [0, 0.05) is 17.4 Å². The standard InChI is InChI=1S/C14H15FN4OS/c1-3-20-12-5-4-9(7-10(12)15)18-14-17-8(2)6-11(19-14)13(16)21/h4-7H,3H2,1-2H3,(H2,16,21)(H,17,18,19). The minimum absolute atomic E-state index is 0.182. The maximum atomic E-state index is 13.8. The lowest BCUT2D eigenvalue weighted by atomic mass is 10.3. The van der Waals surface area contributed by atoms with Crippen LogP contribution in [0.1, 0.15) is 18.3 Å². The number of anilines is 2. The van der Waals surface area contributed by atoms with Crippen molar-refractivity contribution < 1.29 is 9.13 Å². The van der Waals surface area contributed by atoms with Gasteiger partial charge >= 0.3 is 0 Å². The number of nitrogens with one attached hydrogen (secondary N) is 1. The lowest BCUT2D eigenvalue weighted by Crippen LogP contribution is -2.13. The Morgan fingerprint density at radius 2 is 2.14 bits per heavy atom. The zero-order valence-electron chi connectivity index (χ0n) is 11.7. The third kappa shape index (κ3) is 3.85. The molecule has 0 unspecified atom stereocenters. The molecule has 3 N–H and O–H groups in total. The lowest BCUT2D eigenvalue weighted by molar-refractivity contribution is 0.321. The number of rotatable bonds is 5. The molecular weight excluding hydrogens is 291 g/mol.